The summed E-state index contributed by atoms with van der Waals surface area (Å²) in [4.78, 5) is 52.7. The van der Waals surface area contributed by atoms with Crippen molar-refractivity contribution in [3.8, 4) is 0 Å². The molecule has 0 spiro atoms. The fourth-order valence-corrected chi connectivity index (χ4v) is 5.81. The van der Waals surface area contributed by atoms with Crippen molar-refractivity contribution in [3.63, 3.8) is 0 Å². The molecule has 0 aliphatic rings. The Kier molecular flexibility index (Phi) is 25.1. The zero-order chi connectivity index (χ0) is 34.5. The largest absolute Gasteiger partial charge is 0.368 e. The molecule has 0 aliphatic carbocycles. The van der Waals surface area contributed by atoms with Gasteiger partial charge in [0.1, 0.15) is 6.04 Å². The molecule has 1 rings (SSSR count). The van der Waals surface area contributed by atoms with E-state index in [4.69, 9.17) is 17.2 Å². The van der Waals surface area contributed by atoms with E-state index in [1.165, 1.54) is 69.1 Å². The Morgan fingerprint density at radius 3 is 1.83 bits per heavy atom. The number of carbonyl (C=O) groups is 4. The highest BCUT2D eigenvalue weighted by Crippen LogP contribution is 2.14. The first-order valence-electron chi connectivity index (χ1n) is 18.4. The number of nitrogens with zero attached hydrogens (tertiary/aromatic N) is 1. The van der Waals surface area contributed by atoms with Crippen LogP contribution in [0.15, 0.2) is 30.3 Å². The molecule has 1 aromatic rings. The van der Waals surface area contributed by atoms with Crippen molar-refractivity contribution in [2.24, 2.45) is 17.2 Å². The predicted molar refractivity (Wildman–Crippen MR) is 191 cm³/mol. The summed E-state index contributed by atoms with van der Waals surface area (Å²) in [5.41, 5.74) is 17.7. The molecular formula is C37H66N6O4. The van der Waals surface area contributed by atoms with Gasteiger partial charge in [-0.1, -0.05) is 114 Å². The maximum absolute atomic E-state index is 13.6. The third-order valence-electron chi connectivity index (χ3n) is 8.51. The van der Waals surface area contributed by atoms with Crippen molar-refractivity contribution in [1.29, 1.82) is 0 Å². The van der Waals surface area contributed by atoms with Crippen molar-refractivity contribution in [1.82, 2.24) is 15.5 Å². The molecule has 0 saturated carbocycles. The number of carbonyl (C=O) groups excluding carboxylic acids is 4. The third-order valence-corrected chi connectivity index (χ3v) is 8.51. The van der Waals surface area contributed by atoms with Gasteiger partial charge in [0, 0.05) is 19.4 Å². The molecule has 0 radical (unpaired) electrons. The molecule has 47 heavy (non-hydrogen) atoms. The summed E-state index contributed by atoms with van der Waals surface area (Å²) >= 11 is 0. The first kappa shape index (κ1) is 42.0. The molecule has 1 aromatic carbocycles. The van der Waals surface area contributed by atoms with Gasteiger partial charge < -0.3 is 32.7 Å². The van der Waals surface area contributed by atoms with Crippen LogP contribution in [0.25, 0.3) is 0 Å². The van der Waals surface area contributed by atoms with Crippen molar-refractivity contribution in [2.45, 2.75) is 147 Å². The second-order valence-electron chi connectivity index (χ2n) is 12.9. The number of unbranched alkanes of at least 4 members (excludes halogenated alkanes) is 13. The van der Waals surface area contributed by atoms with Gasteiger partial charge in [-0.3, -0.25) is 19.2 Å². The Hall–Kier alpha value is -2.98. The minimum atomic E-state index is -0.716. The summed E-state index contributed by atoms with van der Waals surface area (Å²) < 4.78 is 0. The lowest BCUT2D eigenvalue weighted by Crippen LogP contribution is -2.54. The minimum Gasteiger partial charge on any atom is -0.368 e. The van der Waals surface area contributed by atoms with Gasteiger partial charge in [-0.25, -0.2) is 0 Å². The Morgan fingerprint density at radius 1 is 0.702 bits per heavy atom. The fourth-order valence-electron chi connectivity index (χ4n) is 5.81. The molecule has 0 aliphatic heterocycles. The van der Waals surface area contributed by atoms with Crippen LogP contribution in [0.4, 0.5) is 0 Å². The molecule has 0 saturated heterocycles. The van der Waals surface area contributed by atoms with Crippen LogP contribution in [-0.4, -0.2) is 66.8 Å². The number of benzene rings is 1. The number of hydrogen-bond donors (Lipinski definition) is 5. The topological polar surface area (TPSA) is 174 Å². The zero-order valence-electron chi connectivity index (χ0n) is 29.3. The Morgan fingerprint density at radius 2 is 1.28 bits per heavy atom. The van der Waals surface area contributed by atoms with Gasteiger partial charge in [-0.15, -0.1) is 0 Å². The second kappa shape index (κ2) is 28.1. The molecule has 0 fully saturated rings. The van der Waals surface area contributed by atoms with Crippen LogP contribution < -0.4 is 27.8 Å². The molecule has 0 aromatic heterocycles. The molecule has 10 heteroatoms. The van der Waals surface area contributed by atoms with Crippen LogP contribution in [-0.2, 0) is 25.6 Å². The highest BCUT2D eigenvalue weighted by Gasteiger charge is 2.26. The smallest absolute Gasteiger partial charge is 0.242 e. The lowest BCUT2D eigenvalue weighted by atomic mass is 10.0. The van der Waals surface area contributed by atoms with Gasteiger partial charge in [-0.05, 0) is 57.2 Å². The van der Waals surface area contributed by atoms with Crippen LogP contribution in [0.2, 0.25) is 0 Å². The Labute approximate surface area is 284 Å². The van der Waals surface area contributed by atoms with E-state index in [-0.39, 0.29) is 37.2 Å². The molecule has 268 valence electrons. The van der Waals surface area contributed by atoms with Crippen LogP contribution in [0.5, 0.6) is 0 Å². The highest BCUT2D eigenvalue weighted by molar-refractivity contribution is 5.88. The molecule has 0 bridgehead atoms. The summed E-state index contributed by atoms with van der Waals surface area (Å²) in [7, 11) is 0. The number of rotatable bonds is 30. The van der Waals surface area contributed by atoms with Gasteiger partial charge >= 0.3 is 0 Å². The van der Waals surface area contributed by atoms with Gasteiger partial charge in [0.05, 0.1) is 12.6 Å². The predicted octanol–water partition coefficient (Wildman–Crippen LogP) is 4.86. The lowest BCUT2D eigenvalue weighted by Gasteiger charge is -2.29. The summed E-state index contributed by atoms with van der Waals surface area (Å²) in [6.45, 7) is 2.96. The van der Waals surface area contributed by atoms with Crippen LogP contribution in [0.3, 0.4) is 0 Å². The minimum absolute atomic E-state index is 0.107. The first-order valence-corrected chi connectivity index (χ1v) is 18.4. The SMILES string of the molecule is CCCCCCCCCCCCCCCC(=O)N[C@@H](CCCCN)C(=O)N[C@@H](Cc1ccccc1)CN(CC(N)=O)C(=O)CCCN. The molecular weight excluding hydrogens is 592 g/mol. The summed E-state index contributed by atoms with van der Waals surface area (Å²) in [5, 5.41) is 6.04. The van der Waals surface area contributed by atoms with Gasteiger partial charge in [0.2, 0.25) is 23.6 Å². The van der Waals surface area contributed by atoms with Crippen molar-refractivity contribution in [3.05, 3.63) is 35.9 Å². The third kappa shape index (κ3) is 22.3. The normalized spacial score (nSPS) is 12.3. The van der Waals surface area contributed by atoms with Gasteiger partial charge in [-0.2, -0.15) is 0 Å². The molecule has 2 atom stereocenters. The number of primary amides is 1. The van der Waals surface area contributed by atoms with Crippen LogP contribution in [0.1, 0.15) is 134 Å². The second-order valence-corrected chi connectivity index (χ2v) is 12.9. The standard InChI is InChI=1S/C37H66N6O4/c1-2-3-4-5-6-7-8-9-10-11-12-13-17-24-35(45)42-33(23-18-19-26-38)37(47)41-32(28-31-21-15-14-16-22-31)29-43(30-34(40)44)36(46)25-20-27-39/h14-16,21-22,32-33H,2-13,17-20,23-30,38-39H2,1H3,(H2,40,44)(H,41,47)(H,42,45)/t32-,33-/m0/s1. The quantitative estimate of drug-likeness (QED) is 0.0738. The monoisotopic (exact) mass is 659 g/mol. The van der Waals surface area contributed by atoms with E-state index >= 15 is 0 Å². The average molecular weight is 659 g/mol. The maximum atomic E-state index is 13.6. The average Bonchev–Trinajstić information content (AvgIpc) is 3.05. The number of nitrogens with two attached hydrogens (primary N) is 3. The van der Waals surface area contributed by atoms with E-state index in [9.17, 15) is 19.2 Å². The summed E-state index contributed by atoms with van der Waals surface area (Å²) in [6, 6.07) is 8.41. The zero-order valence-corrected chi connectivity index (χ0v) is 29.3. The number of amides is 4. The lowest BCUT2D eigenvalue weighted by molar-refractivity contribution is -0.136. The first-order chi connectivity index (χ1) is 22.8. The van der Waals surface area contributed by atoms with Crippen molar-refractivity contribution < 1.29 is 19.2 Å². The van der Waals surface area contributed by atoms with E-state index in [1.54, 1.807) is 0 Å². The summed E-state index contributed by atoms with van der Waals surface area (Å²) in [6.07, 6.45) is 19.5. The van der Waals surface area contributed by atoms with E-state index < -0.39 is 18.0 Å². The highest BCUT2D eigenvalue weighted by atomic mass is 16.2. The van der Waals surface area contributed by atoms with E-state index in [2.05, 4.69) is 17.6 Å². The van der Waals surface area contributed by atoms with E-state index in [0.29, 0.717) is 45.2 Å². The van der Waals surface area contributed by atoms with E-state index in [1.807, 2.05) is 30.3 Å². The molecule has 8 N–H and O–H groups in total. The maximum Gasteiger partial charge on any atom is 0.242 e. The van der Waals surface area contributed by atoms with Gasteiger partial charge in [0.15, 0.2) is 0 Å². The Bertz CT molecular complexity index is 977. The van der Waals surface area contributed by atoms with Gasteiger partial charge in [0.25, 0.3) is 0 Å². The van der Waals surface area contributed by atoms with E-state index in [0.717, 1.165) is 31.2 Å². The van der Waals surface area contributed by atoms with Crippen LogP contribution >= 0.6 is 0 Å². The van der Waals surface area contributed by atoms with Crippen molar-refractivity contribution >= 4 is 23.6 Å². The summed E-state index contributed by atoms with van der Waals surface area (Å²) in [5.74, 6) is -1.31. The number of hydrogen-bond acceptors (Lipinski definition) is 6. The Balaban J connectivity index is 2.69. The molecule has 4 amide bonds. The number of nitrogens with one attached hydrogen (secondary N) is 2. The molecule has 0 unspecified atom stereocenters. The fraction of sp³-hybridized carbons (Fsp3) is 0.730. The van der Waals surface area contributed by atoms with Crippen LogP contribution in [0, 0.1) is 0 Å². The molecule has 0 heterocycles. The van der Waals surface area contributed by atoms with Crippen molar-refractivity contribution in [2.75, 3.05) is 26.2 Å². The molecule has 10 nitrogen and oxygen atoms in total.